The first-order valence-electron chi connectivity index (χ1n) is 6.26. The van der Waals surface area contributed by atoms with Gasteiger partial charge in [0.05, 0.1) is 13.1 Å². The molecule has 4 nitrogen and oxygen atoms in total. The van der Waals surface area contributed by atoms with E-state index in [-0.39, 0.29) is 5.82 Å². The average molecular weight is 281 g/mol. The number of nitrogens with zero attached hydrogens (tertiary/aromatic N) is 3. The first-order valence-corrected chi connectivity index (χ1v) is 6.64. The molecule has 0 radical (unpaired) electrons. The zero-order valence-corrected chi connectivity index (χ0v) is 11.1. The molecule has 100 valence electrons. The molecule has 0 bridgehead atoms. The Morgan fingerprint density at radius 3 is 3.05 bits per heavy atom. The van der Waals surface area contributed by atoms with E-state index in [0.717, 1.165) is 5.82 Å². The molecule has 19 heavy (non-hydrogen) atoms. The molecular weight excluding hydrogens is 267 g/mol. The minimum absolute atomic E-state index is 0.294. The number of aromatic nitrogens is 3. The Balaban J connectivity index is 1.74. The van der Waals surface area contributed by atoms with E-state index in [2.05, 4.69) is 15.4 Å². The first kappa shape index (κ1) is 12.6. The molecule has 6 heteroatoms. The molecule has 0 amide bonds. The predicted octanol–water partition coefficient (Wildman–Crippen LogP) is 2.37. The summed E-state index contributed by atoms with van der Waals surface area (Å²) in [4.78, 5) is 4.22. The van der Waals surface area contributed by atoms with Crippen LogP contribution >= 0.6 is 11.6 Å². The lowest BCUT2D eigenvalue weighted by molar-refractivity contribution is 0.578. The van der Waals surface area contributed by atoms with Crippen molar-refractivity contribution >= 4 is 11.6 Å². The second-order valence-corrected chi connectivity index (χ2v) is 5.13. The quantitative estimate of drug-likeness (QED) is 0.914. The van der Waals surface area contributed by atoms with Crippen molar-refractivity contribution in [3.63, 3.8) is 0 Å². The highest BCUT2D eigenvalue weighted by atomic mass is 35.5. The minimum atomic E-state index is -0.294. The zero-order valence-electron chi connectivity index (χ0n) is 10.3. The molecule has 1 N–H and O–H groups in total. The maximum absolute atomic E-state index is 13.2. The topological polar surface area (TPSA) is 42.7 Å². The number of nitrogens with one attached hydrogen (secondary N) is 1. The molecule has 1 aliphatic carbocycles. The van der Waals surface area contributed by atoms with Gasteiger partial charge in [-0.2, -0.15) is 5.10 Å². The fraction of sp³-hybridized carbons (Fsp3) is 0.385. The normalized spacial score (nSPS) is 14.8. The second kappa shape index (κ2) is 5.27. The summed E-state index contributed by atoms with van der Waals surface area (Å²) in [5.74, 6) is 0.546. The maximum Gasteiger partial charge on any atom is 0.141 e. The fourth-order valence-corrected chi connectivity index (χ4v) is 2.08. The highest BCUT2D eigenvalue weighted by Gasteiger charge is 2.21. The summed E-state index contributed by atoms with van der Waals surface area (Å²) < 4.78 is 15.0. The number of rotatable bonds is 5. The minimum Gasteiger partial charge on any atom is -0.307 e. The van der Waals surface area contributed by atoms with Crippen LogP contribution in [0.15, 0.2) is 24.5 Å². The number of hydrogen-bond donors (Lipinski definition) is 1. The lowest BCUT2D eigenvalue weighted by Crippen LogP contribution is -2.19. The van der Waals surface area contributed by atoms with Gasteiger partial charge in [-0.3, -0.25) is 0 Å². The number of benzene rings is 1. The largest absolute Gasteiger partial charge is 0.307 e. The van der Waals surface area contributed by atoms with Crippen molar-refractivity contribution in [3.05, 3.63) is 46.8 Å². The lowest BCUT2D eigenvalue weighted by atomic mass is 10.2. The number of halogens is 2. The van der Waals surface area contributed by atoms with E-state index in [9.17, 15) is 4.39 Å². The molecular formula is C13H14ClFN4. The highest BCUT2D eigenvalue weighted by Crippen LogP contribution is 2.20. The van der Waals surface area contributed by atoms with Crippen LogP contribution < -0.4 is 5.32 Å². The standard InChI is InChI=1S/C13H14ClFN4/c14-12-4-1-10(15)5-9(12)7-19-13(17-8-18-19)6-16-11-2-3-11/h1,4-5,8,11,16H,2-3,6-7H2. The molecule has 1 aromatic heterocycles. The molecule has 0 unspecified atom stereocenters. The van der Waals surface area contributed by atoms with Gasteiger partial charge in [0.25, 0.3) is 0 Å². The van der Waals surface area contributed by atoms with Crippen LogP contribution in [0.5, 0.6) is 0 Å². The summed E-state index contributed by atoms with van der Waals surface area (Å²) >= 11 is 6.06. The molecule has 2 aromatic rings. The van der Waals surface area contributed by atoms with Crippen LogP contribution in [-0.2, 0) is 13.1 Å². The Kier molecular flexibility index (Phi) is 3.48. The maximum atomic E-state index is 13.2. The summed E-state index contributed by atoms with van der Waals surface area (Å²) in [7, 11) is 0. The lowest BCUT2D eigenvalue weighted by Gasteiger charge is -2.08. The van der Waals surface area contributed by atoms with Gasteiger partial charge in [-0.1, -0.05) is 11.6 Å². The van der Waals surface area contributed by atoms with E-state index in [1.807, 2.05) is 0 Å². The predicted molar refractivity (Wildman–Crippen MR) is 70.4 cm³/mol. The summed E-state index contributed by atoms with van der Waals surface area (Å²) in [6.45, 7) is 1.11. The third kappa shape index (κ3) is 3.11. The first-order chi connectivity index (χ1) is 9.22. The van der Waals surface area contributed by atoms with Crippen LogP contribution in [0.4, 0.5) is 4.39 Å². The van der Waals surface area contributed by atoms with Gasteiger partial charge in [-0.15, -0.1) is 0 Å². The van der Waals surface area contributed by atoms with Crippen molar-refractivity contribution < 1.29 is 4.39 Å². The third-order valence-electron chi connectivity index (χ3n) is 3.15. The Morgan fingerprint density at radius 1 is 1.42 bits per heavy atom. The van der Waals surface area contributed by atoms with Crippen molar-refractivity contribution in [2.45, 2.75) is 32.0 Å². The molecule has 1 saturated carbocycles. The van der Waals surface area contributed by atoms with Gasteiger partial charge in [0, 0.05) is 11.1 Å². The third-order valence-corrected chi connectivity index (χ3v) is 3.52. The molecule has 1 aliphatic rings. The van der Waals surface area contributed by atoms with Gasteiger partial charge in [0.2, 0.25) is 0 Å². The van der Waals surface area contributed by atoms with Gasteiger partial charge in [-0.05, 0) is 36.6 Å². The molecule has 1 heterocycles. The summed E-state index contributed by atoms with van der Waals surface area (Å²) in [5.41, 5.74) is 0.708. The van der Waals surface area contributed by atoms with E-state index in [4.69, 9.17) is 11.6 Å². The zero-order chi connectivity index (χ0) is 13.2. The van der Waals surface area contributed by atoms with E-state index < -0.39 is 0 Å². The molecule has 0 atom stereocenters. The Hall–Kier alpha value is -1.46. The summed E-state index contributed by atoms with van der Waals surface area (Å²) in [6, 6.07) is 4.96. The van der Waals surface area contributed by atoms with E-state index >= 15 is 0 Å². The second-order valence-electron chi connectivity index (χ2n) is 4.72. The smallest absolute Gasteiger partial charge is 0.141 e. The van der Waals surface area contributed by atoms with Crippen molar-refractivity contribution in [2.75, 3.05) is 0 Å². The van der Waals surface area contributed by atoms with Crippen LogP contribution in [0.1, 0.15) is 24.2 Å². The van der Waals surface area contributed by atoms with E-state index in [1.165, 1.54) is 31.3 Å². The van der Waals surface area contributed by atoms with Gasteiger partial charge >= 0.3 is 0 Å². The summed E-state index contributed by atoms with van der Waals surface area (Å²) in [6.07, 6.45) is 3.96. The fourth-order valence-electron chi connectivity index (χ4n) is 1.91. The van der Waals surface area contributed by atoms with E-state index in [1.54, 1.807) is 10.7 Å². The monoisotopic (exact) mass is 280 g/mol. The van der Waals surface area contributed by atoms with E-state index in [0.29, 0.717) is 29.7 Å². The number of hydrogen-bond acceptors (Lipinski definition) is 3. The molecule has 0 spiro atoms. The van der Waals surface area contributed by atoms with Gasteiger partial charge in [0.15, 0.2) is 0 Å². The van der Waals surface area contributed by atoms with Crippen molar-refractivity contribution in [1.29, 1.82) is 0 Å². The van der Waals surface area contributed by atoms with Crippen molar-refractivity contribution in [2.24, 2.45) is 0 Å². The average Bonchev–Trinajstić information content (AvgIpc) is 3.12. The Bertz CT molecular complexity index is 580. The van der Waals surface area contributed by atoms with Crippen LogP contribution in [0.25, 0.3) is 0 Å². The van der Waals surface area contributed by atoms with Gasteiger partial charge < -0.3 is 5.32 Å². The van der Waals surface area contributed by atoms with Crippen LogP contribution in [-0.4, -0.2) is 20.8 Å². The molecule has 1 aromatic carbocycles. The highest BCUT2D eigenvalue weighted by molar-refractivity contribution is 6.31. The molecule has 1 fully saturated rings. The van der Waals surface area contributed by atoms with Crippen LogP contribution in [0.3, 0.4) is 0 Å². The Morgan fingerprint density at radius 2 is 2.26 bits per heavy atom. The van der Waals surface area contributed by atoms with Crippen molar-refractivity contribution in [1.82, 2.24) is 20.1 Å². The van der Waals surface area contributed by atoms with Crippen molar-refractivity contribution in [3.8, 4) is 0 Å². The molecule has 3 rings (SSSR count). The van der Waals surface area contributed by atoms with Gasteiger partial charge in [-0.25, -0.2) is 14.1 Å². The summed E-state index contributed by atoms with van der Waals surface area (Å²) in [5, 5.41) is 8.09. The Labute approximate surface area is 115 Å². The molecule has 0 saturated heterocycles. The van der Waals surface area contributed by atoms with Gasteiger partial charge in [0.1, 0.15) is 18.0 Å². The SMILES string of the molecule is Fc1ccc(Cl)c(Cn2ncnc2CNC2CC2)c1. The van der Waals surface area contributed by atoms with Crippen LogP contribution in [0, 0.1) is 5.82 Å². The molecule has 0 aliphatic heterocycles. The van der Waals surface area contributed by atoms with Crippen LogP contribution in [0.2, 0.25) is 5.02 Å².